The second-order valence-corrected chi connectivity index (χ2v) is 8.56. The zero-order valence-electron chi connectivity index (χ0n) is 18.8. The van der Waals surface area contributed by atoms with Crippen molar-refractivity contribution >= 4 is 11.9 Å². The van der Waals surface area contributed by atoms with Crippen molar-refractivity contribution in [2.24, 2.45) is 11.8 Å². The topological polar surface area (TPSA) is 71.1 Å². The van der Waals surface area contributed by atoms with E-state index in [1.807, 2.05) is 20.8 Å². The van der Waals surface area contributed by atoms with Gasteiger partial charge < -0.3 is 18.9 Å². The molecule has 9 heteroatoms. The van der Waals surface area contributed by atoms with E-state index >= 15 is 0 Å². The van der Waals surface area contributed by atoms with E-state index < -0.39 is 41.3 Å². The molecule has 0 N–H and O–H groups in total. The van der Waals surface area contributed by atoms with Crippen LogP contribution < -0.4 is 0 Å². The zero-order chi connectivity index (χ0) is 24.2. The smallest absolute Gasteiger partial charge is 0.432 e. The van der Waals surface area contributed by atoms with Gasteiger partial charge in [-0.25, -0.2) is 4.79 Å². The van der Waals surface area contributed by atoms with E-state index in [2.05, 4.69) is 0 Å². The molecule has 32 heavy (non-hydrogen) atoms. The molecule has 0 aromatic heterocycles. The SMILES string of the molecule is CO[C@@](C(=O)OC[C@H]1C=C[C@@H](COC(C)=O)[C@@H]1OC(C)(C)C)(c1ccccc1)C(F)(F)F. The summed E-state index contributed by atoms with van der Waals surface area (Å²) in [7, 11) is 0.817. The summed E-state index contributed by atoms with van der Waals surface area (Å²) in [5.74, 6) is -2.88. The average Bonchev–Trinajstić information content (AvgIpc) is 3.05. The van der Waals surface area contributed by atoms with Crippen molar-refractivity contribution in [1.29, 1.82) is 0 Å². The molecule has 0 fully saturated rings. The molecule has 6 nitrogen and oxygen atoms in total. The number of benzene rings is 1. The second kappa shape index (κ2) is 10.0. The highest BCUT2D eigenvalue weighted by Crippen LogP contribution is 2.43. The van der Waals surface area contributed by atoms with E-state index in [1.165, 1.54) is 25.1 Å². The molecule has 1 aliphatic carbocycles. The molecule has 0 bridgehead atoms. The second-order valence-electron chi connectivity index (χ2n) is 8.56. The molecule has 0 saturated heterocycles. The van der Waals surface area contributed by atoms with Crippen LogP contribution in [0.1, 0.15) is 33.3 Å². The molecule has 4 atom stereocenters. The third-order valence-corrected chi connectivity index (χ3v) is 5.00. The molecule has 0 aliphatic heterocycles. The van der Waals surface area contributed by atoms with Gasteiger partial charge in [-0.2, -0.15) is 13.2 Å². The van der Waals surface area contributed by atoms with Gasteiger partial charge in [-0.05, 0) is 20.8 Å². The van der Waals surface area contributed by atoms with Gasteiger partial charge in [0, 0.05) is 31.4 Å². The van der Waals surface area contributed by atoms with Crippen LogP contribution >= 0.6 is 0 Å². The van der Waals surface area contributed by atoms with Gasteiger partial charge in [0.1, 0.15) is 13.2 Å². The fourth-order valence-corrected chi connectivity index (χ4v) is 3.58. The van der Waals surface area contributed by atoms with Crippen LogP contribution in [0.4, 0.5) is 13.2 Å². The highest BCUT2D eigenvalue weighted by atomic mass is 19.4. The highest BCUT2D eigenvalue weighted by molar-refractivity contribution is 5.82. The summed E-state index contributed by atoms with van der Waals surface area (Å²) in [5, 5.41) is 0. The minimum atomic E-state index is -5.05. The number of ether oxygens (including phenoxy) is 4. The Kier molecular flexibility index (Phi) is 8.12. The van der Waals surface area contributed by atoms with Gasteiger partial charge >= 0.3 is 18.1 Å². The fourth-order valence-electron chi connectivity index (χ4n) is 3.58. The molecule has 0 saturated carbocycles. The summed E-state index contributed by atoms with van der Waals surface area (Å²) in [4.78, 5) is 24.0. The number of alkyl halides is 3. The molecule has 1 aromatic rings. The Morgan fingerprint density at radius 2 is 1.47 bits per heavy atom. The summed E-state index contributed by atoms with van der Waals surface area (Å²) in [5.41, 5.74) is -4.22. The van der Waals surface area contributed by atoms with Crippen molar-refractivity contribution in [3.05, 3.63) is 48.0 Å². The van der Waals surface area contributed by atoms with Crippen molar-refractivity contribution in [2.75, 3.05) is 20.3 Å². The molecule has 0 radical (unpaired) electrons. The van der Waals surface area contributed by atoms with Crippen molar-refractivity contribution in [2.45, 2.75) is 51.2 Å². The standard InChI is InChI=1S/C23H29F3O6/c1-15(27)30-13-16-11-12-17(19(16)32-21(2,3)4)14-31-20(28)22(29-5,23(24,25)26)18-9-7-6-8-10-18/h6-12,16-17,19H,13-14H2,1-5H3/t16-,17+,19-,22+/m0/s1. The van der Waals surface area contributed by atoms with Crippen molar-refractivity contribution in [3.63, 3.8) is 0 Å². The van der Waals surface area contributed by atoms with Gasteiger partial charge in [0.2, 0.25) is 0 Å². The quantitative estimate of drug-likeness (QED) is 0.430. The van der Waals surface area contributed by atoms with Crippen molar-refractivity contribution in [1.82, 2.24) is 0 Å². The van der Waals surface area contributed by atoms with Crippen LogP contribution in [-0.2, 0) is 34.1 Å². The first-order chi connectivity index (χ1) is 14.8. The normalized spacial score (nSPS) is 22.9. The minimum absolute atomic E-state index is 0.0472. The van der Waals surface area contributed by atoms with E-state index in [1.54, 1.807) is 12.2 Å². The van der Waals surface area contributed by atoms with Crippen LogP contribution in [0.25, 0.3) is 0 Å². The average molecular weight is 458 g/mol. The van der Waals surface area contributed by atoms with Crippen LogP contribution in [0, 0.1) is 11.8 Å². The number of carbonyl (C=O) groups is 2. The first-order valence-electron chi connectivity index (χ1n) is 10.2. The third kappa shape index (κ3) is 5.89. The first-order valence-corrected chi connectivity index (χ1v) is 10.2. The zero-order valence-corrected chi connectivity index (χ0v) is 18.8. The Balaban J connectivity index is 2.22. The fraction of sp³-hybridized carbons (Fsp3) is 0.565. The monoisotopic (exact) mass is 458 g/mol. The molecule has 1 aromatic carbocycles. The van der Waals surface area contributed by atoms with Crippen molar-refractivity contribution < 1.29 is 41.7 Å². The van der Waals surface area contributed by atoms with Crippen LogP contribution in [0.3, 0.4) is 0 Å². The summed E-state index contributed by atoms with van der Waals surface area (Å²) in [6, 6.07) is 6.62. The Morgan fingerprint density at radius 1 is 0.938 bits per heavy atom. The summed E-state index contributed by atoms with van der Waals surface area (Å²) >= 11 is 0. The molecule has 0 amide bonds. The molecule has 1 aliphatic rings. The molecule has 0 heterocycles. The van der Waals surface area contributed by atoms with Gasteiger partial charge in [0.15, 0.2) is 0 Å². The van der Waals surface area contributed by atoms with Crippen LogP contribution in [-0.4, -0.2) is 50.1 Å². The van der Waals surface area contributed by atoms with E-state index in [0.29, 0.717) is 0 Å². The van der Waals surface area contributed by atoms with Gasteiger partial charge in [0.05, 0.1) is 11.7 Å². The summed E-state index contributed by atoms with van der Waals surface area (Å²) in [6.45, 7) is 6.44. The lowest BCUT2D eigenvalue weighted by Crippen LogP contribution is -2.52. The van der Waals surface area contributed by atoms with Crippen molar-refractivity contribution in [3.8, 4) is 0 Å². The molecular formula is C23H29F3O6. The van der Waals surface area contributed by atoms with Gasteiger partial charge in [-0.3, -0.25) is 4.79 Å². The van der Waals surface area contributed by atoms with Gasteiger partial charge in [0.25, 0.3) is 5.60 Å². The molecule has 2 rings (SSSR count). The first kappa shape index (κ1) is 25.9. The van der Waals surface area contributed by atoms with E-state index in [4.69, 9.17) is 18.9 Å². The Bertz CT molecular complexity index is 815. The maximum Gasteiger partial charge on any atom is 0.432 e. The molecule has 178 valence electrons. The maximum atomic E-state index is 14.0. The lowest BCUT2D eigenvalue weighted by Gasteiger charge is -2.34. The number of esters is 2. The van der Waals surface area contributed by atoms with E-state index in [-0.39, 0.29) is 24.7 Å². The minimum Gasteiger partial charge on any atom is -0.465 e. The van der Waals surface area contributed by atoms with E-state index in [9.17, 15) is 22.8 Å². The third-order valence-electron chi connectivity index (χ3n) is 5.00. The summed E-state index contributed by atoms with van der Waals surface area (Å²) in [6.07, 6.45) is -2.16. The molecule has 0 spiro atoms. The number of methoxy groups -OCH3 is 1. The number of hydrogen-bond donors (Lipinski definition) is 0. The number of hydrogen-bond acceptors (Lipinski definition) is 6. The van der Waals surface area contributed by atoms with Crippen LogP contribution in [0.15, 0.2) is 42.5 Å². The molecular weight excluding hydrogens is 429 g/mol. The summed E-state index contributed by atoms with van der Waals surface area (Å²) < 4.78 is 63.1. The lowest BCUT2D eigenvalue weighted by molar-refractivity contribution is -0.277. The lowest BCUT2D eigenvalue weighted by atomic mass is 9.92. The predicted octanol–water partition coefficient (Wildman–Crippen LogP) is 4.18. The highest BCUT2D eigenvalue weighted by Gasteiger charge is 2.64. The number of halogens is 3. The van der Waals surface area contributed by atoms with E-state index in [0.717, 1.165) is 19.2 Å². The number of rotatable bonds is 8. The predicted molar refractivity (Wildman–Crippen MR) is 110 cm³/mol. The Hall–Kier alpha value is -2.39. The van der Waals surface area contributed by atoms with Crippen LogP contribution in [0.2, 0.25) is 0 Å². The Labute approximate surface area is 185 Å². The largest absolute Gasteiger partial charge is 0.465 e. The number of carbonyl (C=O) groups excluding carboxylic acids is 2. The molecule has 0 unspecified atom stereocenters. The Morgan fingerprint density at radius 3 is 1.91 bits per heavy atom. The maximum absolute atomic E-state index is 14.0. The van der Waals surface area contributed by atoms with Gasteiger partial charge in [-0.15, -0.1) is 0 Å². The van der Waals surface area contributed by atoms with Gasteiger partial charge in [-0.1, -0.05) is 42.5 Å². The van der Waals surface area contributed by atoms with Crippen LogP contribution in [0.5, 0.6) is 0 Å².